The van der Waals surface area contributed by atoms with Gasteiger partial charge in [-0.15, -0.1) is 10.2 Å². The van der Waals surface area contributed by atoms with Gasteiger partial charge in [0.25, 0.3) is 5.91 Å². The van der Waals surface area contributed by atoms with Crippen LogP contribution in [0.2, 0.25) is 0 Å². The Bertz CT molecular complexity index is 964. The van der Waals surface area contributed by atoms with Crippen molar-refractivity contribution in [1.82, 2.24) is 10.2 Å². The van der Waals surface area contributed by atoms with Gasteiger partial charge >= 0.3 is 0 Å². The van der Waals surface area contributed by atoms with Gasteiger partial charge in [-0.3, -0.25) is 4.79 Å². The summed E-state index contributed by atoms with van der Waals surface area (Å²) in [7, 11) is 1.54. The minimum absolute atomic E-state index is 0.305. The number of nitrogens with zero attached hydrogens (tertiary/aromatic N) is 3. The lowest BCUT2D eigenvalue weighted by atomic mass is 10.2. The van der Waals surface area contributed by atoms with Crippen LogP contribution in [0.4, 0.5) is 17.3 Å². The van der Waals surface area contributed by atoms with Crippen LogP contribution in [-0.4, -0.2) is 23.2 Å². The van der Waals surface area contributed by atoms with Crippen LogP contribution in [0.1, 0.15) is 15.9 Å². The van der Waals surface area contributed by atoms with Crippen molar-refractivity contribution in [2.24, 2.45) is 0 Å². The minimum Gasteiger partial charge on any atom is -0.497 e. The SMILES string of the molecule is COc1cccc(C(=O)Nc2ccc(Nc3cccc(C#N)c3)nn2)c1. The van der Waals surface area contributed by atoms with E-state index in [1.807, 2.05) is 6.07 Å². The number of methoxy groups -OCH3 is 1. The van der Waals surface area contributed by atoms with Gasteiger partial charge in [-0.1, -0.05) is 12.1 Å². The summed E-state index contributed by atoms with van der Waals surface area (Å²) in [5, 5.41) is 22.7. The van der Waals surface area contributed by atoms with Gasteiger partial charge in [-0.25, -0.2) is 0 Å². The number of carbonyl (C=O) groups is 1. The lowest BCUT2D eigenvalue weighted by Crippen LogP contribution is -2.13. The van der Waals surface area contributed by atoms with Gasteiger partial charge in [-0.05, 0) is 48.5 Å². The zero-order valence-electron chi connectivity index (χ0n) is 13.9. The van der Waals surface area contributed by atoms with Gasteiger partial charge in [0.15, 0.2) is 11.6 Å². The van der Waals surface area contributed by atoms with Crippen LogP contribution in [0.5, 0.6) is 5.75 Å². The van der Waals surface area contributed by atoms with Crippen LogP contribution < -0.4 is 15.4 Å². The molecule has 0 bridgehead atoms. The van der Waals surface area contributed by atoms with Crippen molar-refractivity contribution in [2.75, 3.05) is 17.7 Å². The smallest absolute Gasteiger partial charge is 0.256 e. The zero-order valence-corrected chi connectivity index (χ0v) is 13.9. The molecule has 0 spiro atoms. The average molecular weight is 345 g/mol. The summed E-state index contributed by atoms with van der Waals surface area (Å²) in [6.45, 7) is 0. The number of amides is 1. The molecule has 2 N–H and O–H groups in total. The van der Waals surface area contributed by atoms with Crippen LogP contribution in [0.25, 0.3) is 0 Å². The second kappa shape index (κ2) is 7.77. The average Bonchev–Trinajstić information content (AvgIpc) is 2.69. The Morgan fingerprint density at radius 2 is 1.81 bits per heavy atom. The van der Waals surface area contributed by atoms with Crippen LogP contribution >= 0.6 is 0 Å². The number of carbonyl (C=O) groups excluding carboxylic acids is 1. The molecule has 0 fully saturated rings. The molecule has 0 atom stereocenters. The van der Waals surface area contributed by atoms with Crippen LogP contribution in [0.3, 0.4) is 0 Å². The molecule has 0 radical (unpaired) electrons. The minimum atomic E-state index is -0.305. The van der Waals surface area contributed by atoms with E-state index in [4.69, 9.17) is 10.00 Å². The van der Waals surface area contributed by atoms with Crippen molar-refractivity contribution in [3.8, 4) is 11.8 Å². The lowest BCUT2D eigenvalue weighted by Gasteiger charge is -2.07. The molecule has 7 heteroatoms. The second-order valence-electron chi connectivity index (χ2n) is 5.31. The van der Waals surface area contributed by atoms with Crippen molar-refractivity contribution in [2.45, 2.75) is 0 Å². The number of ether oxygens (including phenoxy) is 1. The predicted octanol–water partition coefficient (Wildman–Crippen LogP) is 3.35. The van der Waals surface area contributed by atoms with Gasteiger partial charge in [0.2, 0.25) is 0 Å². The van der Waals surface area contributed by atoms with Crippen molar-refractivity contribution in [3.63, 3.8) is 0 Å². The highest BCUT2D eigenvalue weighted by molar-refractivity contribution is 6.03. The molecule has 0 aliphatic carbocycles. The predicted molar refractivity (Wildman–Crippen MR) is 97.4 cm³/mol. The van der Waals surface area contributed by atoms with Crippen molar-refractivity contribution in [1.29, 1.82) is 5.26 Å². The van der Waals surface area contributed by atoms with E-state index >= 15 is 0 Å². The van der Waals surface area contributed by atoms with E-state index in [9.17, 15) is 4.79 Å². The fraction of sp³-hybridized carbons (Fsp3) is 0.0526. The number of benzene rings is 2. The molecule has 0 unspecified atom stereocenters. The van der Waals surface area contributed by atoms with E-state index in [1.54, 1.807) is 61.7 Å². The molecule has 2 aromatic carbocycles. The first-order valence-electron chi connectivity index (χ1n) is 7.74. The van der Waals surface area contributed by atoms with Gasteiger partial charge in [-0.2, -0.15) is 5.26 Å². The monoisotopic (exact) mass is 345 g/mol. The molecular weight excluding hydrogens is 330 g/mol. The molecule has 1 amide bonds. The van der Waals surface area contributed by atoms with Crippen LogP contribution in [-0.2, 0) is 0 Å². The summed E-state index contributed by atoms with van der Waals surface area (Å²) in [5.41, 5.74) is 1.73. The highest BCUT2D eigenvalue weighted by Gasteiger charge is 2.08. The lowest BCUT2D eigenvalue weighted by molar-refractivity contribution is 0.102. The number of hydrogen-bond acceptors (Lipinski definition) is 6. The Labute approximate surface area is 150 Å². The molecular formula is C19H15N5O2. The van der Waals surface area contributed by atoms with Crippen molar-refractivity contribution < 1.29 is 9.53 Å². The Balaban J connectivity index is 1.67. The Hall–Kier alpha value is -3.92. The number of nitriles is 1. The number of aromatic nitrogens is 2. The van der Waals surface area contributed by atoms with Gasteiger partial charge in [0.05, 0.1) is 18.7 Å². The number of nitrogens with one attached hydrogen (secondary N) is 2. The van der Waals surface area contributed by atoms with Crippen molar-refractivity contribution >= 4 is 23.2 Å². The van der Waals surface area contributed by atoms with Gasteiger partial charge in [0, 0.05) is 11.3 Å². The van der Waals surface area contributed by atoms with E-state index in [0.717, 1.165) is 5.69 Å². The summed E-state index contributed by atoms with van der Waals surface area (Å²) < 4.78 is 5.11. The first-order valence-corrected chi connectivity index (χ1v) is 7.74. The first kappa shape index (κ1) is 16.9. The molecule has 0 aliphatic heterocycles. The molecule has 1 heterocycles. The third-order valence-corrected chi connectivity index (χ3v) is 3.50. The quantitative estimate of drug-likeness (QED) is 0.735. The van der Waals surface area contributed by atoms with Crippen molar-refractivity contribution in [3.05, 3.63) is 71.8 Å². The fourth-order valence-corrected chi connectivity index (χ4v) is 2.23. The molecule has 7 nitrogen and oxygen atoms in total. The van der Waals surface area contributed by atoms with Crippen LogP contribution in [0.15, 0.2) is 60.7 Å². The maximum absolute atomic E-state index is 12.2. The third kappa shape index (κ3) is 4.13. The largest absolute Gasteiger partial charge is 0.497 e. The van der Waals surface area contributed by atoms with Gasteiger partial charge < -0.3 is 15.4 Å². The number of rotatable bonds is 5. The first-order chi connectivity index (χ1) is 12.7. The van der Waals surface area contributed by atoms with E-state index in [-0.39, 0.29) is 5.91 Å². The van der Waals surface area contributed by atoms with E-state index in [0.29, 0.717) is 28.5 Å². The molecule has 3 aromatic rings. The van der Waals surface area contributed by atoms with E-state index in [1.165, 1.54) is 0 Å². The summed E-state index contributed by atoms with van der Waals surface area (Å²) in [5.74, 6) is 1.12. The molecule has 0 aliphatic rings. The summed E-state index contributed by atoms with van der Waals surface area (Å²) in [6, 6.07) is 19.2. The topological polar surface area (TPSA) is 99.9 Å². The second-order valence-corrected chi connectivity index (χ2v) is 5.31. The molecule has 26 heavy (non-hydrogen) atoms. The Morgan fingerprint density at radius 3 is 2.54 bits per heavy atom. The summed E-state index contributed by atoms with van der Waals surface area (Å²) in [6.07, 6.45) is 0. The van der Waals surface area contributed by atoms with Gasteiger partial charge in [0.1, 0.15) is 5.75 Å². The number of hydrogen-bond donors (Lipinski definition) is 2. The standard InChI is InChI=1S/C19H15N5O2/c1-26-16-7-3-5-14(11-16)19(25)22-18-9-8-17(23-24-18)21-15-6-2-4-13(10-15)12-20/h2-11H,1H3,(H,21,23)(H,22,24,25). The molecule has 1 aromatic heterocycles. The maximum atomic E-state index is 12.2. The molecule has 0 saturated heterocycles. The summed E-state index contributed by atoms with van der Waals surface area (Å²) >= 11 is 0. The Kier molecular flexibility index (Phi) is 5.05. The molecule has 3 rings (SSSR count). The molecule has 0 saturated carbocycles. The van der Waals surface area contributed by atoms with E-state index < -0.39 is 0 Å². The van der Waals surface area contributed by atoms with Crippen LogP contribution in [0, 0.1) is 11.3 Å². The summed E-state index contributed by atoms with van der Waals surface area (Å²) in [4.78, 5) is 12.2. The highest BCUT2D eigenvalue weighted by atomic mass is 16.5. The zero-order chi connectivity index (χ0) is 18.4. The third-order valence-electron chi connectivity index (χ3n) is 3.50. The van der Waals surface area contributed by atoms with E-state index in [2.05, 4.69) is 26.9 Å². The Morgan fingerprint density at radius 1 is 1.04 bits per heavy atom. The molecule has 128 valence electrons. The highest BCUT2D eigenvalue weighted by Crippen LogP contribution is 2.17. The number of anilines is 3. The normalized spacial score (nSPS) is 9.85. The fourth-order valence-electron chi connectivity index (χ4n) is 2.23. The maximum Gasteiger partial charge on any atom is 0.256 e.